The van der Waals surface area contributed by atoms with Gasteiger partial charge in [-0.15, -0.1) is 0 Å². The highest BCUT2D eigenvalue weighted by Gasteiger charge is 2.46. The summed E-state index contributed by atoms with van der Waals surface area (Å²) in [5, 5.41) is 0. The van der Waals surface area contributed by atoms with Crippen molar-refractivity contribution in [3.63, 3.8) is 0 Å². The van der Waals surface area contributed by atoms with E-state index in [9.17, 15) is 0 Å². The van der Waals surface area contributed by atoms with Crippen molar-refractivity contribution in [2.45, 2.75) is 24.7 Å². The van der Waals surface area contributed by atoms with Gasteiger partial charge in [0.05, 0.1) is 16.8 Å². The highest BCUT2D eigenvalue weighted by Crippen LogP contribution is 2.59. The Bertz CT molecular complexity index is 2600. The minimum Gasteiger partial charge on any atom is -0.309 e. The van der Waals surface area contributed by atoms with Crippen LogP contribution in [-0.2, 0) is 10.8 Å². The Morgan fingerprint density at radius 2 is 0.868 bits per heavy atom. The van der Waals surface area contributed by atoms with Gasteiger partial charge < -0.3 is 4.90 Å². The molecule has 0 atom stereocenters. The molecule has 0 amide bonds. The fraction of sp³-hybridized carbons (Fsp3) is 0.0769. The Morgan fingerprint density at radius 3 is 1.57 bits per heavy atom. The molecule has 0 saturated carbocycles. The number of fused-ring (bicyclic) bond motifs is 6. The molecule has 10 rings (SSSR count). The third-order valence-corrected chi connectivity index (χ3v) is 11.8. The van der Waals surface area contributed by atoms with Crippen LogP contribution in [0.15, 0.2) is 200 Å². The fourth-order valence-electron chi connectivity index (χ4n) is 9.43. The number of hydrogen-bond acceptors (Lipinski definition) is 1. The molecule has 1 nitrogen and oxygen atoms in total. The van der Waals surface area contributed by atoms with Gasteiger partial charge in [0.2, 0.25) is 0 Å². The molecule has 2 aliphatic carbocycles. The summed E-state index contributed by atoms with van der Waals surface area (Å²) >= 11 is 0. The summed E-state index contributed by atoms with van der Waals surface area (Å²) < 4.78 is 0. The first-order valence-electron chi connectivity index (χ1n) is 18.6. The Morgan fingerprint density at radius 1 is 0.358 bits per heavy atom. The van der Waals surface area contributed by atoms with E-state index in [1.165, 1.54) is 72.4 Å². The lowest BCUT2D eigenvalue weighted by Gasteiger charge is -2.35. The molecular formula is C52H39N. The number of para-hydroxylation sites is 1. The average Bonchev–Trinajstić information content (AvgIpc) is 3.65. The highest BCUT2D eigenvalue weighted by atomic mass is 15.1. The van der Waals surface area contributed by atoms with E-state index in [-0.39, 0.29) is 5.41 Å². The molecular weight excluding hydrogens is 639 g/mol. The molecule has 0 fully saturated rings. The number of anilines is 3. The summed E-state index contributed by atoms with van der Waals surface area (Å²) in [5.41, 5.74) is 18.3. The maximum absolute atomic E-state index is 2.53. The van der Waals surface area contributed by atoms with Gasteiger partial charge in [0, 0.05) is 22.2 Å². The van der Waals surface area contributed by atoms with Gasteiger partial charge in [-0.1, -0.05) is 190 Å². The highest BCUT2D eigenvalue weighted by molar-refractivity contribution is 5.99. The molecule has 8 aromatic rings. The fourth-order valence-corrected chi connectivity index (χ4v) is 9.43. The molecule has 0 bridgehead atoms. The van der Waals surface area contributed by atoms with E-state index in [2.05, 4.69) is 219 Å². The minimum absolute atomic E-state index is 0.123. The van der Waals surface area contributed by atoms with Crippen molar-refractivity contribution in [3.8, 4) is 33.4 Å². The molecule has 0 saturated heterocycles. The monoisotopic (exact) mass is 677 g/mol. The lowest BCUT2D eigenvalue weighted by molar-refractivity contribution is 0.660. The van der Waals surface area contributed by atoms with Crippen LogP contribution in [0.1, 0.15) is 47.2 Å². The van der Waals surface area contributed by atoms with Gasteiger partial charge in [-0.2, -0.15) is 0 Å². The van der Waals surface area contributed by atoms with Gasteiger partial charge in [0.15, 0.2) is 0 Å². The Hall–Kier alpha value is -6.44. The van der Waals surface area contributed by atoms with E-state index >= 15 is 0 Å². The van der Waals surface area contributed by atoms with Gasteiger partial charge in [-0.05, 0) is 79.9 Å². The van der Waals surface area contributed by atoms with Crippen LogP contribution < -0.4 is 4.90 Å². The molecule has 8 aromatic carbocycles. The second-order valence-electron chi connectivity index (χ2n) is 14.8. The molecule has 0 heterocycles. The zero-order valence-electron chi connectivity index (χ0n) is 30.0. The summed E-state index contributed by atoms with van der Waals surface area (Å²) in [6.07, 6.45) is 0. The third kappa shape index (κ3) is 4.57. The Balaban J connectivity index is 1.31. The minimum atomic E-state index is -0.498. The molecule has 1 heteroatoms. The summed E-state index contributed by atoms with van der Waals surface area (Å²) in [7, 11) is 0. The van der Waals surface area contributed by atoms with E-state index in [1.54, 1.807) is 0 Å². The van der Waals surface area contributed by atoms with Crippen molar-refractivity contribution in [1.82, 2.24) is 0 Å². The van der Waals surface area contributed by atoms with Crippen LogP contribution in [0, 0.1) is 0 Å². The first-order valence-corrected chi connectivity index (χ1v) is 18.6. The first kappa shape index (κ1) is 31.3. The zero-order valence-corrected chi connectivity index (χ0v) is 30.0. The molecule has 252 valence electrons. The molecule has 0 aliphatic heterocycles. The first-order chi connectivity index (χ1) is 26.1. The maximum atomic E-state index is 2.53. The largest absolute Gasteiger partial charge is 0.309 e. The van der Waals surface area contributed by atoms with Crippen molar-refractivity contribution >= 4 is 17.1 Å². The molecule has 0 radical (unpaired) electrons. The van der Waals surface area contributed by atoms with Gasteiger partial charge in [-0.3, -0.25) is 0 Å². The molecule has 0 spiro atoms. The second kappa shape index (κ2) is 12.1. The van der Waals surface area contributed by atoms with E-state index in [0.717, 1.165) is 11.4 Å². The SMILES string of the molecule is CC1(C)c2ccccc2-c2c(N(c3ccc4c(c3)C(c3ccccc3)(c3ccccc3)c3ccccc3-4)c3ccccc3-c3ccccc3)cccc21. The van der Waals surface area contributed by atoms with Gasteiger partial charge >= 0.3 is 0 Å². The number of rotatable bonds is 6. The number of benzene rings is 8. The van der Waals surface area contributed by atoms with E-state index in [4.69, 9.17) is 0 Å². The van der Waals surface area contributed by atoms with Gasteiger partial charge in [0.25, 0.3) is 0 Å². The normalized spacial score (nSPS) is 14.2. The van der Waals surface area contributed by atoms with Gasteiger partial charge in [-0.25, -0.2) is 0 Å². The lowest BCUT2D eigenvalue weighted by atomic mass is 9.67. The van der Waals surface area contributed by atoms with E-state index in [0.29, 0.717) is 0 Å². The Kier molecular flexibility index (Phi) is 7.13. The number of nitrogens with zero attached hydrogens (tertiary/aromatic N) is 1. The van der Waals surface area contributed by atoms with Gasteiger partial charge in [0.1, 0.15) is 0 Å². The van der Waals surface area contributed by atoms with Crippen LogP contribution in [0.5, 0.6) is 0 Å². The van der Waals surface area contributed by atoms with Crippen molar-refractivity contribution < 1.29 is 0 Å². The van der Waals surface area contributed by atoms with Crippen LogP contribution in [0.4, 0.5) is 17.1 Å². The molecule has 2 aliphatic rings. The van der Waals surface area contributed by atoms with Crippen molar-refractivity contribution in [2.75, 3.05) is 4.90 Å². The van der Waals surface area contributed by atoms with Crippen LogP contribution in [0.3, 0.4) is 0 Å². The summed E-state index contributed by atoms with van der Waals surface area (Å²) in [6.45, 7) is 4.73. The lowest BCUT2D eigenvalue weighted by Crippen LogP contribution is -2.28. The third-order valence-electron chi connectivity index (χ3n) is 11.8. The topological polar surface area (TPSA) is 3.24 Å². The van der Waals surface area contributed by atoms with Crippen LogP contribution >= 0.6 is 0 Å². The maximum Gasteiger partial charge on any atom is 0.0714 e. The molecule has 0 unspecified atom stereocenters. The van der Waals surface area contributed by atoms with Crippen LogP contribution in [0.2, 0.25) is 0 Å². The van der Waals surface area contributed by atoms with E-state index < -0.39 is 5.41 Å². The average molecular weight is 678 g/mol. The molecule has 0 aromatic heterocycles. The smallest absolute Gasteiger partial charge is 0.0714 e. The zero-order chi connectivity index (χ0) is 35.6. The second-order valence-corrected chi connectivity index (χ2v) is 14.8. The number of hydrogen-bond donors (Lipinski definition) is 0. The predicted molar refractivity (Wildman–Crippen MR) is 221 cm³/mol. The summed E-state index contributed by atoms with van der Waals surface area (Å²) in [4.78, 5) is 2.53. The van der Waals surface area contributed by atoms with Crippen LogP contribution in [0.25, 0.3) is 33.4 Å². The standard InChI is InChI=1S/C52H39N/c1-51(2)44-28-15-13-27-43(44)50-46(51)30-18-32-49(50)53(48-31-17-14-25-40(48)36-19-6-3-7-20-36)39-33-34-42-41-26-12-16-29-45(41)52(47(42)35-39,37-21-8-4-9-22-37)38-23-10-5-11-24-38/h3-35H,1-2H3. The molecule has 0 N–H and O–H groups in total. The predicted octanol–water partition coefficient (Wildman–Crippen LogP) is 13.5. The van der Waals surface area contributed by atoms with Crippen LogP contribution in [-0.4, -0.2) is 0 Å². The quantitative estimate of drug-likeness (QED) is 0.169. The summed E-state index contributed by atoms with van der Waals surface area (Å²) in [6, 6.07) is 74.0. The Labute approximate surface area is 312 Å². The van der Waals surface area contributed by atoms with Crippen molar-refractivity contribution in [2.24, 2.45) is 0 Å². The van der Waals surface area contributed by atoms with E-state index in [1.807, 2.05) is 0 Å². The summed E-state index contributed by atoms with van der Waals surface area (Å²) in [5.74, 6) is 0. The van der Waals surface area contributed by atoms with Crippen molar-refractivity contribution in [3.05, 3.63) is 234 Å². The molecule has 53 heavy (non-hydrogen) atoms. The van der Waals surface area contributed by atoms with Crippen molar-refractivity contribution in [1.29, 1.82) is 0 Å².